The minimum absolute atomic E-state index is 0.00361. The summed E-state index contributed by atoms with van der Waals surface area (Å²) in [6.07, 6.45) is 8.33. The van der Waals surface area contributed by atoms with Gasteiger partial charge in [-0.25, -0.2) is 0 Å². The number of esters is 2. The van der Waals surface area contributed by atoms with E-state index in [-0.39, 0.29) is 55.3 Å². The average Bonchev–Trinajstić information content (AvgIpc) is 4.19. The maximum atomic E-state index is 13.9. The van der Waals surface area contributed by atoms with Crippen LogP contribution in [0.1, 0.15) is 114 Å². The zero-order valence-corrected chi connectivity index (χ0v) is 39.6. The van der Waals surface area contributed by atoms with E-state index in [1.807, 2.05) is 26.0 Å². The van der Waals surface area contributed by atoms with Gasteiger partial charge in [0.15, 0.2) is 46.8 Å². The number of nitrogens with one attached hydrogen (secondary N) is 1. The molecular formula is C53H56N2O10S2. The molecule has 3 aliphatic heterocycles. The number of nitrogens with zero attached hydrogens (tertiary/aromatic N) is 1. The molecule has 5 saturated carbocycles. The molecule has 10 aliphatic rings. The predicted octanol–water partition coefficient (Wildman–Crippen LogP) is 6.44. The molecule has 2 aromatic carbocycles. The summed E-state index contributed by atoms with van der Waals surface area (Å²) in [5.74, 6) is 1.99. The summed E-state index contributed by atoms with van der Waals surface area (Å²) in [5, 5.41) is 29.2. The molecule has 2 aromatic heterocycles. The van der Waals surface area contributed by atoms with Gasteiger partial charge in [-0.1, -0.05) is 12.1 Å². The van der Waals surface area contributed by atoms with E-state index < -0.39 is 46.2 Å². The van der Waals surface area contributed by atoms with E-state index in [1.165, 1.54) is 48.4 Å². The van der Waals surface area contributed by atoms with Crippen molar-refractivity contribution < 1.29 is 48.3 Å². The van der Waals surface area contributed by atoms with E-state index in [0.717, 1.165) is 84.5 Å². The van der Waals surface area contributed by atoms with Gasteiger partial charge in [0.1, 0.15) is 0 Å². The molecule has 9 atom stereocenters. The summed E-state index contributed by atoms with van der Waals surface area (Å²) in [6.45, 7) is 6.75. The van der Waals surface area contributed by atoms with Crippen LogP contribution in [0, 0.1) is 31.6 Å². The van der Waals surface area contributed by atoms with Crippen molar-refractivity contribution >= 4 is 55.6 Å². The number of likely N-dealkylation sites (tertiary alicyclic amines) is 1. The molecule has 12 nitrogen and oxygen atoms in total. The molecule has 4 bridgehead atoms. The van der Waals surface area contributed by atoms with Gasteiger partial charge < -0.3 is 34.5 Å². The third-order valence-electron chi connectivity index (χ3n) is 18.7. The highest BCUT2D eigenvalue weighted by atomic mass is 32.1. The highest BCUT2D eigenvalue weighted by molar-refractivity contribution is 7.28. The van der Waals surface area contributed by atoms with E-state index in [9.17, 15) is 29.4 Å². The first kappa shape index (κ1) is 41.8. The molecule has 2 unspecified atom stereocenters. The number of aliphatic hydroxyl groups is 2. The molecule has 2 spiro atoms. The smallest absolute Gasteiger partial charge is 0.316 e. The fraction of sp³-hybridized carbons (Fsp3) is 0.585. The molecule has 67 heavy (non-hydrogen) atoms. The van der Waals surface area contributed by atoms with Crippen LogP contribution in [0.15, 0.2) is 24.3 Å². The second-order valence-electron chi connectivity index (χ2n) is 22.0. The zero-order chi connectivity index (χ0) is 45.5. The SMILES string of the molecule is Cc1c(CC(=O)Oc2ccc3c4c2O[C@H]2C(=O)CC[C@@]5(O)[C@@H](C3)N(CC3CC3)CCC425)sc2c(C)c(CC(=O)Oc3ccc4c5c3O[C@H]3C(=O)CC[C@@]6(O)[C@@H](C4)C(NCC4CC4)CC[C@]536)sc12. The van der Waals surface area contributed by atoms with Crippen molar-refractivity contribution in [3.05, 3.63) is 67.4 Å². The molecule has 3 N–H and O–H groups in total. The molecule has 14 heteroatoms. The van der Waals surface area contributed by atoms with Gasteiger partial charge in [-0.15, -0.1) is 22.7 Å². The van der Waals surface area contributed by atoms with E-state index in [1.54, 1.807) is 12.1 Å². The number of piperidine rings is 1. The highest BCUT2D eigenvalue weighted by Crippen LogP contribution is 2.68. The number of ether oxygens (including phenoxy) is 4. The summed E-state index contributed by atoms with van der Waals surface area (Å²) in [6, 6.07) is 7.73. The second-order valence-corrected chi connectivity index (χ2v) is 24.3. The van der Waals surface area contributed by atoms with Gasteiger partial charge in [-0.05, 0) is 144 Å². The van der Waals surface area contributed by atoms with E-state index >= 15 is 0 Å². The Bertz CT molecular complexity index is 2900. The molecule has 0 radical (unpaired) electrons. The second kappa shape index (κ2) is 14.2. The van der Waals surface area contributed by atoms with Gasteiger partial charge in [-0.2, -0.15) is 0 Å². The maximum Gasteiger partial charge on any atom is 0.316 e. The van der Waals surface area contributed by atoms with Crippen molar-refractivity contribution in [3.8, 4) is 23.0 Å². The fourth-order valence-corrected chi connectivity index (χ4v) is 17.9. The Morgan fingerprint density at radius 1 is 0.731 bits per heavy atom. The lowest BCUT2D eigenvalue weighted by molar-refractivity contribution is -0.188. The van der Waals surface area contributed by atoms with Gasteiger partial charge in [-0.3, -0.25) is 24.1 Å². The number of thiophene rings is 2. The Balaban J connectivity index is 0.691. The van der Waals surface area contributed by atoms with E-state index in [2.05, 4.69) is 10.2 Å². The Morgan fingerprint density at radius 2 is 1.28 bits per heavy atom. The fourth-order valence-electron chi connectivity index (χ4n) is 15.1. The van der Waals surface area contributed by atoms with E-state index in [4.69, 9.17) is 18.9 Å². The summed E-state index contributed by atoms with van der Waals surface area (Å²) in [4.78, 5) is 59.1. The Kier molecular flexibility index (Phi) is 8.86. The van der Waals surface area contributed by atoms with Gasteiger partial charge in [0.2, 0.25) is 0 Å². The molecular weight excluding hydrogens is 889 g/mol. The first-order valence-corrected chi connectivity index (χ1v) is 26.5. The number of rotatable bonds is 11. The number of hydrogen-bond acceptors (Lipinski definition) is 14. The predicted molar refractivity (Wildman–Crippen MR) is 249 cm³/mol. The normalized spacial score (nSPS) is 35.0. The van der Waals surface area contributed by atoms with Crippen LogP contribution in [0.2, 0.25) is 0 Å². The molecule has 1 saturated heterocycles. The summed E-state index contributed by atoms with van der Waals surface area (Å²) >= 11 is 3.06. The highest BCUT2D eigenvalue weighted by Gasteiger charge is 2.75. The average molecular weight is 945 g/mol. The van der Waals surface area contributed by atoms with Gasteiger partial charge in [0.05, 0.1) is 34.9 Å². The lowest BCUT2D eigenvalue weighted by atomic mass is 9.44. The van der Waals surface area contributed by atoms with Gasteiger partial charge in [0, 0.05) is 67.7 Å². The quantitative estimate of drug-likeness (QED) is 0.112. The minimum atomic E-state index is -1.09. The van der Waals surface area contributed by atoms with Crippen LogP contribution in [-0.4, -0.2) is 93.7 Å². The van der Waals surface area contributed by atoms with Crippen molar-refractivity contribution in [1.82, 2.24) is 10.2 Å². The van der Waals surface area contributed by atoms with E-state index in [0.29, 0.717) is 67.4 Å². The molecule has 0 amide bonds. The number of carbonyl (C=O) groups is 4. The zero-order valence-electron chi connectivity index (χ0n) is 38.0. The number of Topliss-reactive ketones (excluding diaryl/α,β-unsaturated/α-hetero) is 2. The maximum absolute atomic E-state index is 13.9. The summed E-state index contributed by atoms with van der Waals surface area (Å²) < 4.78 is 27.4. The topological polar surface area (TPSA) is 161 Å². The van der Waals surface area contributed by atoms with Crippen molar-refractivity contribution in [2.45, 2.75) is 156 Å². The number of aryl methyl sites for hydroxylation is 2. The molecule has 14 rings (SSSR count). The van der Waals surface area contributed by atoms with Crippen LogP contribution in [-0.2, 0) is 55.7 Å². The summed E-state index contributed by atoms with van der Waals surface area (Å²) in [7, 11) is 0. The van der Waals surface area contributed by atoms with Crippen LogP contribution >= 0.6 is 22.7 Å². The molecule has 6 fully saturated rings. The van der Waals surface area contributed by atoms with Gasteiger partial charge in [0.25, 0.3) is 0 Å². The molecule has 4 aromatic rings. The number of carbonyl (C=O) groups excluding carboxylic acids is 4. The molecule has 350 valence electrons. The Hall–Kier alpha value is -4.18. The van der Waals surface area contributed by atoms with Crippen molar-refractivity contribution in [3.63, 3.8) is 0 Å². The summed E-state index contributed by atoms with van der Waals surface area (Å²) in [5.41, 5.74) is 1.93. The van der Waals surface area contributed by atoms with Crippen molar-refractivity contribution in [2.24, 2.45) is 17.8 Å². The van der Waals surface area contributed by atoms with Crippen molar-refractivity contribution in [1.29, 1.82) is 0 Å². The number of hydrogen-bond donors (Lipinski definition) is 3. The first-order valence-electron chi connectivity index (χ1n) is 24.9. The number of ketones is 2. The van der Waals surface area contributed by atoms with Crippen LogP contribution in [0.3, 0.4) is 0 Å². The number of benzene rings is 2. The number of fused-ring (bicyclic) bond motifs is 1. The molecule has 5 heterocycles. The van der Waals surface area contributed by atoms with Crippen LogP contribution < -0.4 is 24.3 Å². The third-order valence-corrected chi connectivity index (χ3v) is 21.6. The molecule has 7 aliphatic carbocycles. The Labute approximate surface area is 396 Å². The minimum Gasteiger partial charge on any atom is -0.477 e. The first-order chi connectivity index (χ1) is 32.3. The largest absolute Gasteiger partial charge is 0.477 e. The monoisotopic (exact) mass is 944 g/mol. The lowest BCUT2D eigenvalue weighted by Gasteiger charge is -2.62. The van der Waals surface area contributed by atoms with Crippen LogP contribution in [0.4, 0.5) is 0 Å². The van der Waals surface area contributed by atoms with Crippen LogP contribution in [0.5, 0.6) is 23.0 Å². The lowest BCUT2D eigenvalue weighted by Crippen LogP contribution is -2.76. The standard InChI is InChI=1S/C53H56N2O10S2/c1-25-37(21-40(58)62-35-9-7-29-19-31-32(54-23-27-3-4-27)11-14-50-42(29)44(35)64-48(50)33(56)12-15-52(31,50)60)66-47-26(2)38(67-46(25)47)22-41(59)63-36-10-8-30-20-39-53(61)16-13-34(57)49-51(53,43(30)45(36)65-49)17-18-55(39)24-28-5-6-28/h7-10,27-28,31-32,39,48-49,54,60-61H,3-6,11-24H2,1-2H3/t31-,32?,39+,48-,49-,50-,51?,52+,53+/m0/s1. The van der Waals surface area contributed by atoms with Crippen molar-refractivity contribution in [2.75, 3.05) is 19.6 Å². The Morgan fingerprint density at radius 3 is 1.87 bits per heavy atom. The van der Waals surface area contributed by atoms with Gasteiger partial charge >= 0.3 is 11.9 Å². The third kappa shape index (κ3) is 5.60. The van der Waals surface area contributed by atoms with Crippen LogP contribution in [0.25, 0.3) is 9.40 Å².